The molecule has 6 heteroatoms. The summed E-state index contributed by atoms with van der Waals surface area (Å²) in [5.41, 5.74) is -1.57. The molecule has 3 nitrogen and oxygen atoms in total. The molecule has 0 aliphatic carbocycles. The van der Waals surface area contributed by atoms with Crippen LogP contribution in [-0.4, -0.2) is 25.9 Å². The lowest BCUT2D eigenvalue weighted by Crippen LogP contribution is -2.51. The predicted octanol–water partition coefficient (Wildman–Crippen LogP) is 6.80. The monoisotopic (exact) mass is 448 g/mol. The maximum absolute atomic E-state index is 14.0. The Labute approximate surface area is 188 Å². The molecular weight excluding hydrogens is 417 g/mol. The van der Waals surface area contributed by atoms with Crippen molar-refractivity contribution in [3.63, 3.8) is 0 Å². The number of hydrogen-bond acceptors (Lipinski definition) is 3. The van der Waals surface area contributed by atoms with E-state index in [0.29, 0.717) is 12.8 Å². The van der Waals surface area contributed by atoms with Gasteiger partial charge in [0.2, 0.25) is 0 Å². The van der Waals surface area contributed by atoms with Gasteiger partial charge in [-0.15, -0.1) is 0 Å². The Kier molecular flexibility index (Phi) is 8.29. The van der Waals surface area contributed by atoms with Crippen molar-refractivity contribution in [2.45, 2.75) is 51.3 Å². The molecular formula is C26H31F3O3. The Morgan fingerprint density at radius 1 is 0.969 bits per heavy atom. The van der Waals surface area contributed by atoms with Crippen LogP contribution in [0.5, 0.6) is 0 Å². The van der Waals surface area contributed by atoms with E-state index in [9.17, 15) is 18.0 Å². The van der Waals surface area contributed by atoms with Crippen LogP contribution in [0.2, 0.25) is 0 Å². The third-order valence-electron chi connectivity index (χ3n) is 5.70. The molecule has 0 bridgehead atoms. The molecule has 174 valence electrons. The summed E-state index contributed by atoms with van der Waals surface area (Å²) in [6.07, 6.45) is -3.99. The summed E-state index contributed by atoms with van der Waals surface area (Å²) in [6, 6.07) is 16.5. The van der Waals surface area contributed by atoms with Crippen LogP contribution in [-0.2, 0) is 19.9 Å². The fraction of sp³-hybridized carbons (Fsp3) is 0.423. The number of carbonyl (C=O) groups is 1. The van der Waals surface area contributed by atoms with Gasteiger partial charge < -0.3 is 9.47 Å². The van der Waals surface area contributed by atoms with Crippen LogP contribution in [0, 0.1) is 5.41 Å². The summed E-state index contributed by atoms with van der Waals surface area (Å²) in [5, 5.41) is 0. The fourth-order valence-corrected chi connectivity index (χ4v) is 3.50. The molecule has 0 saturated heterocycles. The van der Waals surface area contributed by atoms with E-state index >= 15 is 0 Å². The topological polar surface area (TPSA) is 35.5 Å². The van der Waals surface area contributed by atoms with E-state index in [1.54, 1.807) is 6.07 Å². The van der Waals surface area contributed by atoms with Gasteiger partial charge in [-0.25, -0.2) is 4.79 Å². The minimum Gasteiger partial charge on any atom is -0.463 e. The second kappa shape index (κ2) is 10.3. The van der Waals surface area contributed by atoms with Crippen LogP contribution in [0.15, 0.2) is 72.8 Å². The van der Waals surface area contributed by atoms with Crippen LogP contribution in [0.1, 0.15) is 50.7 Å². The van der Waals surface area contributed by atoms with E-state index in [2.05, 4.69) is 27.4 Å². The lowest BCUT2D eigenvalue weighted by molar-refractivity contribution is -0.276. The highest BCUT2D eigenvalue weighted by Crippen LogP contribution is 2.43. The number of methoxy groups -OCH3 is 1. The molecule has 2 atom stereocenters. The lowest BCUT2D eigenvalue weighted by atomic mass is 9.79. The van der Waals surface area contributed by atoms with Crippen molar-refractivity contribution in [3.8, 4) is 0 Å². The van der Waals surface area contributed by atoms with Crippen LogP contribution >= 0.6 is 0 Å². The molecule has 0 amide bonds. The first kappa shape index (κ1) is 25.7. The first-order valence-electron chi connectivity index (χ1n) is 10.5. The summed E-state index contributed by atoms with van der Waals surface area (Å²) < 4.78 is 52.1. The van der Waals surface area contributed by atoms with Crippen LogP contribution in [0.4, 0.5) is 13.2 Å². The summed E-state index contributed by atoms with van der Waals surface area (Å²) in [5.74, 6) is -1.52. The van der Waals surface area contributed by atoms with Gasteiger partial charge in [0, 0.05) is 12.7 Å². The number of esters is 1. The van der Waals surface area contributed by atoms with E-state index in [4.69, 9.17) is 9.47 Å². The highest BCUT2D eigenvalue weighted by Gasteiger charge is 2.64. The second-order valence-corrected chi connectivity index (χ2v) is 8.84. The molecule has 2 aromatic rings. The predicted molar refractivity (Wildman–Crippen MR) is 119 cm³/mol. The minimum atomic E-state index is -4.99. The van der Waals surface area contributed by atoms with Gasteiger partial charge in [-0.3, -0.25) is 0 Å². The molecule has 2 aromatic carbocycles. The standard InChI is InChI=1S/C26H31F3O3/c1-19(24(2,3)4)18-21(20-12-8-6-9-13-20)16-17-32-23(30)25(31-5,26(27,28)29)22-14-10-7-11-15-22/h6-15,21H,1,16-18H2,2-5H3/t21-,25-/m1/s1. The van der Waals surface area contributed by atoms with Crippen molar-refractivity contribution in [1.29, 1.82) is 0 Å². The van der Waals surface area contributed by atoms with E-state index < -0.39 is 17.7 Å². The fourth-order valence-electron chi connectivity index (χ4n) is 3.50. The van der Waals surface area contributed by atoms with Crippen LogP contribution in [0.3, 0.4) is 0 Å². The lowest BCUT2D eigenvalue weighted by Gasteiger charge is -2.32. The van der Waals surface area contributed by atoms with E-state index in [1.807, 2.05) is 30.3 Å². The maximum Gasteiger partial charge on any atom is 0.432 e. The average molecular weight is 449 g/mol. The van der Waals surface area contributed by atoms with Gasteiger partial charge >= 0.3 is 12.1 Å². The van der Waals surface area contributed by atoms with Crippen LogP contribution in [0.25, 0.3) is 0 Å². The van der Waals surface area contributed by atoms with E-state index in [-0.39, 0.29) is 23.5 Å². The highest BCUT2D eigenvalue weighted by molar-refractivity contribution is 5.82. The number of alkyl halides is 3. The Bertz CT molecular complexity index is 886. The molecule has 0 N–H and O–H groups in total. The van der Waals surface area contributed by atoms with Crippen molar-refractivity contribution in [2.75, 3.05) is 13.7 Å². The third-order valence-corrected chi connectivity index (χ3v) is 5.70. The zero-order valence-electron chi connectivity index (χ0n) is 19.0. The van der Waals surface area contributed by atoms with Crippen molar-refractivity contribution < 1.29 is 27.4 Å². The smallest absolute Gasteiger partial charge is 0.432 e. The van der Waals surface area contributed by atoms with E-state index in [1.165, 1.54) is 24.3 Å². The third kappa shape index (κ3) is 5.80. The Morgan fingerprint density at radius 3 is 1.97 bits per heavy atom. The summed E-state index contributed by atoms with van der Waals surface area (Å²) in [4.78, 5) is 12.8. The number of halogens is 3. The van der Waals surface area contributed by atoms with Gasteiger partial charge in [-0.2, -0.15) is 13.2 Å². The zero-order valence-corrected chi connectivity index (χ0v) is 19.0. The molecule has 0 saturated carbocycles. The summed E-state index contributed by atoms with van der Waals surface area (Å²) >= 11 is 0. The molecule has 0 aliphatic heterocycles. The highest BCUT2D eigenvalue weighted by atomic mass is 19.4. The quantitative estimate of drug-likeness (QED) is 0.313. The Balaban J connectivity index is 2.21. The Hall–Kier alpha value is -2.60. The number of carbonyl (C=O) groups excluding carboxylic acids is 1. The molecule has 0 unspecified atom stereocenters. The van der Waals surface area contributed by atoms with Crippen molar-refractivity contribution in [2.24, 2.45) is 5.41 Å². The number of ether oxygens (including phenoxy) is 2. The van der Waals surface area contributed by atoms with Gasteiger partial charge in [0.1, 0.15) is 0 Å². The van der Waals surface area contributed by atoms with Crippen molar-refractivity contribution >= 4 is 5.97 Å². The molecule has 32 heavy (non-hydrogen) atoms. The zero-order chi connectivity index (χ0) is 24.0. The van der Waals surface area contributed by atoms with Crippen LogP contribution < -0.4 is 0 Å². The summed E-state index contributed by atoms with van der Waals surface area (Å²) in [7, 11) is 0.863. The molecule has 2 rings (SSSR count). The maximum atomic E-state index is 14.0. The minimum absolute atomic E-state index is 0.0460. The first-order valence-corrected chi connectivity index (χ1v) is 10.5. The number of rotatable bonds is 9. The Morgan fingerprint density at radius 2 is 1.50 bits per heavy atom. The largest absolute Gasteiger partial charge is 0.463 e. The van der Waals surface area contributed by atoms with Gasteiger partial charge in [-0.1, -0.05) is 93.6 Å². The van der Waals surface area contributed by atoms with E-state index in [0.717, 1.165) is 18.2 Å². The van der Waals surface area contributed by atoms with Crippen molar-refractivity contribution in [3.05, 3.63) is 83.9 Å². The number of hydrogen-bond donors (Lipinski definition) is 0. The SMILES string of the molecule is C=C(C[C@@H](CCOC(=O)[C@](OC)(c1ccccc1)C(F)(F)F)c1ccccc1)C(C)(C)C. The van der Waals surface area contributed by atoms with Crippen molar-refractivity contribution in [1.82, 2.24) is 0 Å². The first-order chi connectivity index (χ1) is 14.9. The molecule has 0 fully saturated rings. The summed E-state index contributed by atoms with van der Waals surface area (Å²) in [6.45, 7) is 10.2. The molecule has 0 spiro atoms. The average Bonchev–Trinajstić information content (AvgIpc) is 2.73. The van der Waals surface area contributed by atoms with Gasteiger partial charge in [-0.05, 0) is 29.7 Å². The van der Waals surface area contributed by atoms with Gasteiger partial charge in [0.25, 0.3) is 5.60 Å². The molecule has 0 aromatic heterocycles. The normalized spacial score (nSPS) is 15.0. The number of benzene rings is 2. The van der Waals surface area contributed by atoms with Gasteiger partial charge in [0.15, 0.2) is 0 Å². The van der Waals surface area contributed by atoms with Gasteiger partial charge in [0.05, 0.1) is 6.61 Å². The second-order valence-electron chi connectivity index (χ2n) is 8.84. The molecule has 0 aliphatic rings. The number of allylic oxidation sites excluding steroid dienone is 1. The molecule has 0 heterocycles. The molecule has 0 radical (unpaired) electrons.